The number of aromatic nitrogens is 2. The number of hydrogen-bond acceptors (Lipinski definition) is 4. The number of nitrogens with one attached hydrogen (secondary N) is 1. The van der Waals surface area contributed by atoms with Gasteiger partial charge in [-0.1, -0.05) is 0 Å². The summed E-state index contributed by atoms with van der Waals surface area (Å²) in [5, 5.41) is 3.38. The van der Waals surface area contributed by atoms with E-state index in [0.717, 1.165) is 37.3 Å². The summed E-state index contributed by atoms with van der Waals surface area (Å²) in [5.41, 5.74) is 2.33. The van der Waals surface area contributed by atoms with Crippen molar-refractivity contribution in [1.29, 1.82) is 0 Å². The fourth-order valence-corrected chi connectivity index (χ4v) is 2.23. The molecule has 0 saturated carbocycles. The maximum Gasteiger partial charge on any atom is 0.125 e. The number of halogens is 1. The first-order chi connectivity index (χ1) is 7.81. The van der Waals surface area contributed by atoms with Gasteiger partial charge in [-0.2, -0.15) is 0 Å². The Morgan fingerprint density at radius 1 is 1.41 bits per heavy atom. The van der Waals surface area contributed by atoms with Crippen molar-refractivity contribution in [2.24, 2.45) is 0 Å². The quantitative estimate of drug-likeness (QED) is 0.897. The van der Waals surface area contributed by atoms with E-state index in [-0.39, 0.29) is 12.4 Å². The number of methoxy groups -OCH3 is 1. The lowest BCUT2D eigenvalue weighted by Crippen LogP contribution is -2.27. The third kappa shape index (κ3) is 3.63. The van der Waals surface area contributed by atoms with Gasteiger partial charge in [0.25, 0.3) is 0 Å². The SMILES string of the molecule is COCc1cnc(C)nc1C1CCNCC1.Cl. The standard InChI is InChI=1S/C12H19N3O.ClH/c1-9-14-7-11(8-16-2)12(15-9)10-3-5-13-6-4-10;/h7,10,13H,3-6,8H2,1-2H3;1H. The third-order valence-electron chi connectivity index (χ3n) is 3.04. The Hall–Kier alpha value is -0.710. The second-order valence-electron chi connectivity index (χ2n) is 4.28. The van der Waals surface area contributed by atoms with Crippen LogP contribution in [-0.2, 0) is 11.3 Å². The van der Waals surface area contributed by atoms with Crippen molar-refractivity contribution in [2.75, 3.05) is 20.2 Å². The van der Waals surface area contributed by atoms with Gasteiger partial charge in [-0.3, -0.25) is 0 Å². The molecule has 96 valence electrons. The van der Waals surface area contributed by atoms with Gasteiger partial charge in [0.15, 0.2) is 0 Å². The number of nitrogens with zero attached hydrogens (tertiary/aromatic N) is 2. The Labute approximate surface area is 109 Å². The van der Waals surface area contributed by atoms with Gasteiger partial charge in [-0.25, -0.2) is 9.97 Å². The Morgan fingerprint density at radius 3 is 2.76 bits per heavy atom. The Morgan fingerprint density at radius 2 is 2.12 bits per heavy atom. The van der Waals surface area contributed by atoms with E-state index in [1.54, 1.807) is 7.11 Å². The van der Waals surface area contributed by atoms with Gasteiger partial charge < -0.3 is 10.1 Å². The van der Waals surface area contributed by atoms with Crippen LogP contribution >= 0.6 is 12.4 Å². The average Bonchev–Trinajstić information content (AvgIpc) is 2.33. The average molecular weight is 258 g/mol. The minimum atomic E-state index is 0. The van der Waals surface area contributed by atoms with Crippen molar-refractivity contribution in [1.82, 2.24) is 15.3 Å². The summed E-state index contributed by atoms with van der Waals surface area (Å²) in [4.78, 5) is 8.84. The maximum atomic E-state index is 5.20. The predicted octanol–water partition coefficient (Wildman–Crippen LogP) is 1.82. The van der Waals surface area contributed by atoms with Crippen LogP contribution in [0.15, 0.2) is 6.20 Å². The third-order valence-corrected chi connectivity index (χ3v) is 3.04. The van der Waals surface area contributed by atoms with Crippen molar-refractivity contribution in [3.05, 3.63) is 23.3 Å². The molecule has 1 saturated heterocycles. The molecule has 1 N–H and O–H groups in total. The Balaban J connectivity index is 0.00000144. The smallest absolute Gasteiger partial charge is 0.125 e. The van der Waals surface area contributed by atoms with E-state index in [4.69, 9.17) is 4.74 Å². The van der Waals surface area contributed by atoms with Crippen LogP contribution in [0.4, 0.5) is 0 Å². The summed E-state index contributed by atoms with van der Waals surface area (Å²) in [6.45, 7) is 4.72. The monoisotopic (exact) mass is 257 g/mol. The summed E-state index contributed by atoms with van der Waals surface area (Å²) in [6, 6.07) is 0. The van der Waals surface area contributed by atoms with Crippen LogP contribution < -0.4 is 5.32 Å². The van der Waals surface area contributed by atoms with Gasteiger partial charge in [0.1, 0.15) is 5.82 Å². The molecule has 4 nitrogen and oxygen atoms in total. The van der Waals surface area contributed by atoms with E-state index >= 15 is 0 Å². The van der Waals surface area contributed by atoms with E-state index in [1.807, 2.05) is 13.1 Å². The van der Waals surface area contributed by atoms with Gasteiger partial charge in [-0.05, 0) is 32.9 Å². The number of aryl methyl sites for hydroxylation is 1. The van der Waals surface area contributed by atoms with Crippen molar-refractivity contribution in [3.8, 4) is 0 Å². The highest BCUT2D eigenvalue weighted by atomic mass is 35.5. The van der Waals surface area contributed by atoms with E-state index in [9.17, 15) is 0 Å². The first kappa shape index (κ1) is 14.4. The molecule has 0 atom stereocenters. The number of rotatable bonds is 3. The van der Waals surface area contributed by atoms with E-state index in [2.05, 4.69) is 15.3 Å². The van der Waals surface area contributed by atoms with Crippen molar-refractivity contribution >= 4 is 12.4 Å². The Kier molecular flexibility index (Phi) is 5.82. The van der Waals surface area contributed by atoms with Crippen LogP contribution in [0.25, 0.3) is 0 Å². The lowest BCUT2D eigenvalue weighted by Gasteiger charge is -2.24. The van der Waals surface area contributed by atoms with E-state index in [0.29, 0.717) is 12.5 Å². The van der Waals surface area contributed by atoms with Crippen LogP contribution in [0.1, 0.15) is 35.8 Å². The fourth-order valence-electron chi connectivity index (χ4n) is 2.23. The highest BCUT2D eigenvalue weighted by Crippen LogP contribution is 2.26. The number of ether oxygens (including phenoxy) is 1. The molecule has 2 rings (SSSR count). The lowest BCUT2D eigenvalue weighted by atomic mass is 9.92. The maximum absolute atomic E-state index is 5.20. The molecule has 17 heavy (non-hydrogen) atoms. The lowest BCUT2D eigenvalue weighted by molar-refractivity contribution is 0.182. The molecule has 0 aromatic carbocycles. The number of hydrogen-bond donors (Lipinski definition) is 1. The predicted molar refractivity (Wildman–Crippen MR) is 69.6 cm³/mol. The molecule has 1 aromatic heterocycles. The second kappa shape index (κ2) is 6.89. The van der Waals surface area contributed by atoms with E-state index < -0.39 is 0 Å². The molecule has 1 aromatic rings. The summed E-state index contributed by atoms with van der Waals surface area (Å²) in [5.74, 6) is 1.42. The molecular formula is C12H20ClN3O. The summed E-state index contributed by atoms with van der Waals surface area (Å²) in [7, 11) is 1.71. The summed E-state index contributed by atoms with van der Waals surface area (Å²) in [6.07, 6.45) is 4.23. The van der Waals surface area contributed by atoms with Gasteiger partial charge in [0.05, 0.1) is 12.3 Å². The Bertz CT molecular complexity index is 354. The highest BCUT2D eigenvalue weighted by molar-refractivity contribution is 5.85. The molecule has 0 unspecified atom stereocenters. The minimum absolute atomic E-state index is 0. The van der Waals surface area contributed by atoms with Crippen LogP contribution in [0.5, 0.6) is 0 Å². The van der Waals surface area contributed by atoms with Crippen molar-refractivity contribution < 1.29 is 4.74 Å². The zero-order valence-electron chi connectivity index (χ0n) is 10.4. The van der Waals surface area contributed by atoms with Gasteiger partial charge >= 0.3 is 0 Å². The van der Waals surface area contributed by atoms with Crippen LogP contribution in [0.2, 0.25) is 0 Å². The summed E-state index contributed by atoms with van der Waals surface area (Å²) < 4.78 is 5.20. The molecule has 2 heterocycles. The van der Waals surface area contributed by atoms with Crippen LogP contribution in [0, 0.1) is 6.92 Å². The molecule has 0 bridgehead atoms. The molecule has 0 amide bonds. The summed E-state index contributed by atoms with van der Waals surface area (Å²) >= 11 is 0. The normalized spacial score (nSPS) is 16.6. The van der Waals surface area contributed by atoms with Crippen LogP contribution in [0.3, 0.4) is 0 Å². The zero-order chi connectivity index (χ0) is 11.4. The molecule has 0 spiro atoms. The molecule has 0 aliphatic carbocycles. The molecule has 1 aliphatic heterocycles. The topological polar surface area (TPSA) is 47.0 Å². The van der Waals surface area contributed by atoms with Crippen molar-refractivity contribution in [2.45, 2.75) is 32.3 Å². The molecule has 1 fully saturated rings. The fraction of sp³-hybridized carbons (Fsp3) is 0.667. The van der Waals surface area contributed by atoms with E-state index in [1.165, 1.54) is 5.69 Å². The molecule has 0 radical (unpaired) electrons. The first-order valence-corrected chi connectivity index (χ1v) is 5.83. The second-order valence-corrected chi connectivity index (χ2v) is 4.28. The molecule has 1 aliphatic rings. The van der Waals surface area contributed by atoms with Crippen LogP contribution in [-0.4, -0.2) is 30.2 Å². The minimum Gasteiger partial charge on any atom is -0.380 e. The zero-order valence-corrected chi connectivity index (χ0v) is 11.2. The molecule has 5 heteroatoms. The van der Waals surface area contributed by atoms with Gasteiger partial charge in [0, 0.05) is 24.8 Å². The largest absolute Gasteiger partial charge is 0.380 e. The van der Waals surface area contributed by atoms with Crippen molar-refractivity contribution in [3.63, 3.8) is 0 Å². The molecular weight excluding hydrogens is 238 g/mol. The van der Waals surface area contributed by atoms with Gasteiger partial charge in [0.2, 0.25) is 0 Å². The highest BCUT2D eigenvalue weighted by Gasteiger charge is 2.20. The number of piperidine rings is 1. The first-order valence-electron chi connectivity index (χ1n) is 5.83. The van der Waals surface area contributed by atoms with Gasteiger partial charge in [-0.15, -0.1) is 12.4 Å².